The van der Waals surface area contributed by atoms with E-state index in [1.54, 1.807) is 11.1 Å². The van der Waals surface area contributed by atoms with Crippen LogP contribution in [0.1, 0.15) is 99.3 Å². The summed E-state index contributed by atoms with van der Waals surface area (Å²) in [6, 6.07) is 44.4. The monoisotopic (exact) mass is 933 g/mol. The fourth-order valence-electron chi connectivity index (χ4n) is 11.0. The maximum atomic E-state index is 8.03. The Morgan fingerprint density at radius 2 is 0.881 bits per heavy atom. The van der Waals surface area contributed by atoms with Crippen LogP contribution in [0.5, 0.6) is 0 Å². The average molecular weight is 936 g/mol. The van der Waals surface area contributed by atoms with Crippen LogP contribution in [0.15, 0.2) is 167 Å². The Kier molecular flexibility index (Phi) is 12.8. The normalized spacial score (nSPS) is 20.4. The third-order valence-electron chi connectivity index (χ3n) is 13.7. The van der Waals surface area contributed by atoms with Crippen molar-refractivity contribution in [1.82, 2.24) is 0 Å². The zero-order valence-corrected chi connectivity index (χ0v) is 41.8. The van der Waals surface area contributed by atoms with Gasteiger partial charge in [0.1, 0.15) is 0 Å². The summed E-state index contributed by atoms with van der Waals surface area (Å²) in [5.41, 5.74) is 6.08. The molecule has 0 N–H and O–H groups in total. The molecule has 0 aromatic heterocycles. The summed E-state index contributed by atoms with van der Waals surface area (Å²) >= 11 is -3.05. The van der Waals surface area contributed by atoms with Gasteiger partial charge in [0.25, 0.3) is 0 Å². The first-order chi connectivity index (χ1) is 28.3. The van der Waals surface area contributed by atoms with Crippen molar-refractivity contribution in [3.8, 4) is 0 Å². The first-order valence-corrected chi connectivity index (χ1v) is 33.6. The van der Waals surface area contributed by atoms with Crippen LogP contribution in [-0.2, 0) is 28.2 Å². The molecule has 2 nitrogen and oxygen atoms in total. The first kappa shape index (κ1) is 43.0. The molecule has 59 heavy (non-hydrogen) atoms. The van der Waals surface area contributed by atoms with Crippen molar-refractivity contribution in [2.24, 2.45) is 11.8 Å². The van der Waals surface area contributed by atoms with Crippen molar-refractivity contribution in [3.05, 3.63) is 167 Å². The summed E-state index contributed by atoms with van der Waals surface area (Å²) in [6.07, 6.45) is 15.1. The Labute approximate surface area is 371 Å². The van der Waals surface area contributed by atoms with E-state index in [1.807, 2.05) is 0 Å². The molecule has 4 aromatic rings. The third-order valence-corrected chi connectivity index (χ3v) is 29.7. The molecule has 3 unspecified atom stereocenters. The van der Waals surface area contributed by atoms with E-state index >= 15 is 0 Å². The Morgan fingerprint density at radius 3 is 1.29 bits per heavy atom. The fourth-order valence-corrected chi connectivity index (χ4v) is 25.1. The number of rotatable bonds is 12. The van der Waals surface area contributed by atoms with Crippen LogP contribution in [0.3, 0.4) is 0 Å². The Bertz CT molecular complexity index is 2140. The van der Waals surface area contributed by atoms with Gasteiger partial charge in [0, 0.05) is 0 Å². The molecule has 7 heteroatoms. The molecule has 8 rings (SSSR count). The van der Waals surface area contributed by atoms with Crippen LogP contribution >= 0.6 is 17.0 Å². The van der Waals surface area contributed by atoms with E-state index in [-0.39, 0.29) is 25.5 Å². The number of hydrogen-bond donors (Lipinski definition) is 0. The fraction of sp³-hybridized carbons (Fsp3) is 0.385. The molecule has 4 aromatic carbocycles. The van der Waals surface area contributed by atoms with Gasteiger partial charge in [-0.25, -0.2) is 0 Å². The van der Waals surface area contributed by atoms with Crippen molar-refractivity contribution >= 4 is 54.4 Å². The summed E-state index contributed by atoms with van der Waals surface area (Å²) < 4.78 is 16.2. The van der Waals surface area contributed by atoms with Crippen LogP contribution in [-0.4, -0.2) is 16.6 Å². The van der Waals surface area contributed by atoms with Crippen molar-refractivity contribution in [2.45, 2.75) is 113 Å². The van der Waals surface area contributed by atoms with Gasteiger partial charge >= 0.3 is 375 Å². The van der Waals surface area contributed by atoms with Crippen molar-refractivity contribution in [3.63, 3.8) is 0 Å². The number of benzene rings is 4. The Hall–Kier alpha value is -2.66. The molecule has 3 atom stereocenters. The van der Waals surface area contributed by atoms with Gasteiger partial charge in [-0.05, 0) is 0 Å². The second kappa shape index (κ2) is 17.6. The van der Waals surface area contributed by atoms with E-state index in [0.29, 0.717) is 0 Å². The molecule has 307 valence electrons. The standard InChI is InChI=1S/C52H61O2Si2.2ClH.Zr/c1-51(2,3)55(41-25-11-7-12-26-41,42-27-13-8-14-28-42)53-49-37-39-23-19-21-33-45(39)47(49)35-36-48-46-34-22-20-24-40(46)38-50(48)54-56(52(4,5)6,43-29-15-9-16-30-43)44-31-17-10-18-32-44;;;/h7-18,25-32,35,37-38,47-48H,19-24,33-34,36H2,1-6H3;2*1H;/q;;;+2/p-2. The molecule has 0 saturated heterocycles. The third kappa shape index (κ3) is 8.11. The molecule has 0 amide bonds. The molecule has 4 aliphatic rings. The summed E-state index contributed by atoms with van der Waals surface area (Å²) in [5.74, 6) is 2.49. The molecule has 0 aliphatic heterocycles. The van der Waals surface area contributed by atoms with Crippen LogP contribution in [0.2, 0.25) is 13.7 Å². The molecule has 0 saturated carbocycles. The van der Waals surface area contributed by atoms with E-state index < -0.39 is 36.0 Å². The van der Waals surface area contributed by atoms with Gasteiger partial charge in [0.15, 0.2) is 0 Å². The topological polar surface area (TPSA) is 18.5 Å². The van der Waals surface area contributed by atoms with Crippen LogP contribution in [0.25, 0.3) is 0 Å². The average Bonchev–Trinajstić information content (AvgIpc) is 3.77. The van der Waals surface area contributed by atoms with E-state index in [1.165, 1.54) is 57.6 Å². The second-order valence-electron chi connectivity index (χ2n) is 19.3. The zero-order valence-electron chi connectivity index (χ0n) is 35.9. The van der Waals surface area contributed by atoms with Gasteiger partial charge in [0.05, 0.1) is 0 Å². The van der Waals surface area contributed by atoms with Crippen LogP contribution in [0.4, 0.5) is 0 Å². The Balaban J connectivity index is 1.24. The summed E-state index contributed by atoms with van der Waals surface area (Å²) in [7, 11) is 9.43. The van der Waals surface area contributed by atoms with E-state index in [2.05, 4.69) is 175 Å². The number of hydrogen-bond acceptors (Lipinski definition) is 2. The van der Waals surface area contributed by atoms with E-state index in [9.17, 15) is 0 Å². The molecule has 0 radical (unpaired) electrons. The molecular formula is C52H61Cl2O2Si2Zr. The van der Waals surface area contributed by atoms with Crippen LogP contribution < -0.4 is 20.7 Å². The van der Waals surface area contributed by atoms with Crippen molar-refractivity contribution in [1.29, 1.82) is 0 Å². The van der Waals surface area contributed by atoms with Gasteiger partial charge in [0.2, 0.25) is 0 Å². The minimum atomic E-state index is -3.05. The molecule has 0 spiro atoms. The van der Waals surface area contributed by atoms with Crippen LogP contribution in [0, 0.1) is 11.8 Å². The molecule has 0 bridgehead atoms. The minimum absolute atomic E-state index is 0.0821. The maximum absolute atomic E-state index is 8.03. The zero-order chi connectivity index (χ0) is 41.4. The molecular weight excluding hydrogens is 875 g/mol. The van der Waals surface area contributed by atoms with Gasteiger partial charge in [-0.15, -0.1) is 0 Å². The first-order valence-electron chi connectivity index (χ1n) is 22.0. The van der Waals surface area contributed by atoms with Gasteiger partial charge in [-0.3, -0.25) is 0 Å². The predicted octanol–water partition coefficient (Wildman–Crippen LogP) is 13.0. The van der Waals surface area contributed by atoms with Crippen molar-refractivity contribution < 1.29 is 28.2 Å². The van der Waals surface area contributed by atoms with E-state index in [4.69, 9.17) is 25.9 Å². The van der Waals surface area contributed by atoms with Crippen molar-refractivity contribution in [2.75, 3.05) is 0 Å². The summed E-state index contributed by atoms with van der Waals surface area (Å²) in [4.78, 5) is 0. The second-order valence-corrected chi connectivity index (χ2v) is 37.0. The number of allylic oxidation sites excluding steroid dienone is 6. The number of halogens is 2. The van der Waals surface area contributed by atoms with Gasteiger partial charge < -0.3 is 0 Å². The summed E-state index contributed by atoms with van der Waals surface area (Å²) in [6.45, 7) is 14.3. The summed E-state index contributed by atoms with van der Waals surface area (Å²) in [5, 5.41) is 4.91. The van der Waals surface area contributed by atoms with E-state index in [0.717, 1.165) is 43.6 Å². The SMILES string of the molecule is CC(C)(C)[Si](OC1=CC2=C(CCCC2)C1C[CH](C1C(O[Si](c2ccccc2)(c2ccccc2)C(C)(C)C)=CC2=C1CCCC2)[Zr]([Cl])[Cl])(c1ccccc1)c1ccccc1. The van der Waals surface area contributed by atoms with Gasteiger partial charge in [-0.1, -0.05) is 0 Å². The quantitative estimate of drug-likeness (QED) is 0.132. The molecule has 4 aliphatic carbocycles. The predicted molar refractivity (Wildman–Crippen MR) is 252 cm³/mol. The van der Waals surface area contributed by atoms with Gasteiger partial charge in [-0.2, -0.15) is 0 Å². The molecule has 0 fully saturated rings. The molecule has 0 heterocycles. The Morgan fingerprint density at radius 1 is 0.525 bits per heavy atom.